The molecular weight excluding hydrogens is 496 g/mol. The van der Waals surface area contributed by atoms with Crippen LogP contribution in [0.2, 0.25) is 0 Å². The first-order valence-electron chi connectivity index (χ1n) is 12.7. The summed E-state index contributed by atoms with van der Waals surface area (Å²) in [6, 6.07) is 17.8. The Hall–Kier alpha value is -4.99. The Labute approximate surface area is 223 Å². The van der Waals surface area contributed by atoms with Gasteiger partial charge in [-0.15, -0.1) is 0 Å². The number of benzene rings is 3. The highest BCUT2D eigenvalue weighted by Gasteiger charge is 2.32. The smallest absolute Gasteiger partial charge is 0.407 e. The molecule has 1 saturated heterocycles. The number of aromatic nitrogens is 4. The molecule has 0 saturated carbocycles. The van der Waals surface area contributed by atoms with Crippen LogP contribution in [0.25, 0.3) is 44.1 Å². The summed E-state index contributed by atoms with van der Waals surface area (Å²) in [7, 11) is 1.24. The summed E-state index contributed by atoms with van der Waals surface area (Å²) in [5, 5.41) is 5.10. The second-order valence-electron chi connectivity index (χ2n) is 9.52. The van der Waals surface area contributed by atoms with Gasteiger partial charge in [0.25, 0.3) is 5.56 Å². The number of rotatable bonds is 5. The number of imidazole rings is 1. The minimum absolute atomic E-state index is 0.184. The minimum Gasteiger partial charge on any atom is -0.453 e. The highest BCUT2D eigenvalue weighted by atomic mass is 16.5. The average Bonchev–Trinajstić information content (AvgIpc) is 3.68. The lowest BCUT2D eigenvalue weighted by Crippen LogP contribution is -2.40. The van der Waals surface area contributed by atoms with Crippen LogP contribution in [0.4, 0.5) is 4.79 Å². The number of amides is 2. The number of hydrogen-bond acceptors (Lipinski definition) is 6. The Morgan fingerprint density at radius 2 is 1.79 bits per heavy atom. The Balaban J connectivity index is 1.31. The van der Waals surface area contributed by atoms with Crippen molar-refractivity contribution in [2.45, 2.75) is 18.9 Å². The summed E-state index contributed by atoms with van der Waals surface area (Å²) in [6.07, 6.45) is 4.24. The fourth-order valence-corrected chi connectivity index (χ4v) is 5.17. The molecule has 2 amide bonds. The molecular formula is C29H26N6O4. The Kier molecular flexibility index (Phi) is 6.28. The summed E-state index contributed by atoms with van der Waals surface area (Å²) in [4.78, 5) is 53.6. The van der Waals surface area contributed by atoms with E-state index >= 15 is 0 Å². The molecule has 0 aliphatic carbocycles. The first-order valence-corrected chi connectivity index (χ1v) is 12.7. The number of nitrogens with one attached hydrogen (secondary N) is 3. The zero-order valence-corrected chi connectivity index (χ0v) is 21.2. The van der Waals surface area contributed by atoms with Gasteiger partial charge in [0.2, 0.25) is 5.91 Å². The van der Waals surface area contributed by atoms with E-state index in [1.165, 1.54) is 7.11 Å². The van der Waals surface area contributed by atoms with Gasteiger partial charge in [-0.05, 0) is 59.0 Å². The van der Waals surface area contributed by atoms with E-state index in [2.05, 4.69) is 61.4 Å². The third-order valence-electron chi connectivity index (χ3n) is 7.17. The SMILES string of the molecule is COC(=O)NCC(=O)N1CCCC1c1nc2cc(-c3ccc4cc(-c5cnc[nH]5)ccc4c3)ccc2c(=O)[nH]1. The fraction of sp³-hybridized carbons (Fsp3) is 0.207. The molecule has 1 fully saturated rings. The van der Waals surface area contributed by atoms with Crippen molar-refractivity contribution in [1.29, 1.82) is 0 Å². The molecule has 5 aromatic rings. The molecule has 1 aliphatic rings. The number of nitrogens with zero attached hydrogens (tertiary/aromatic N) is 3. The normalized spacial score (nSPS) is 15.1. The third-order valence-corrected chi connectivity index (χ3v) is 7.17. The Morgan fingerprint density at radius 1 is 1.05 bits per heavy atom. The molecule has 0 spiro atoms. The summed E-state index contributed by atoms with van der Waals surface area (Å²) in [6.45, 7) is 0.337. The van der Waals surface area contributed by atoms with Gasteiger partial charge < -0.3 is 24.9 Å². The van der Waals surface area contributed by atoms with Gasteiger partial charge in [-0.1, -0.05) is 30.3 Å². The lowest BCUT2D eigenvalue weighted by atomic mass is 9.98. The van der Waals surface area contributed by atoms with Crippen LogP contribution in [0.5, 0.6) is 0 Å². The maximum absolute atomic E-state index is 13.0. The molecule has 0 radical (unpaired) electrons. The number of fused-ring (bicyclic) bond motifs is 2. The van der Waals surface area contributed by atoms with E-state index in [1.807, 2.05) is 12.1 Å². The highest BCUT2D eigenvalue weighted by Crippen LogP contribution is 2.32. The molecule has 1 unspecified atom stereocenters. The van der Waals surface area contributed by atoms with Crippen molar-refractivity contribution in [1.82, 2.24) is 30.2 Å². The van der Waals surface area contributed by atoms with Crippen LogP contribution >= 0.6 is 0 Å². The van der Waals surface area contributed by atoms with Gasteiger partial charge in [0.15, 0.2) is 0 Å². The number of alkyl carbamates (subject to hydrolysis) is 1. The zero-order valence-electron chi connectivity index (χ0n) is 21.2. The van der Waals surface area contributed by atoms with Gasteiger partial charge in [-0.3, -0.25) is 9.59 Å². The predicted molar refractivity (Wildman–Crippen MR) is 147 cm³/mol. The van der Waals surface area contributed by atoms with Crippen molar-refractivity contribution in [3.05, 3.63) is 83.3 Å². The summed E-state index contributed by atoms with van der Waals surface area (Å²) in [5.74, 6) is 0.185. The van der Waals surface area contributed by atoms with Crippen molar-refractivity contribution in [2.24, 2.45) is 0 Å². The summed E-state index contributed by atoms with van der Waals surface area (Å²) in [5.41, 5.74) is 4.28. The number of hydrogen-bond donors (Lipinski definition) is 3. The first-order chi connectivity index (χ1) is 19.0. The molecule has 3 heterocycles. The van der Waals surface area contributed by atoms with Crippen LogP contribution in [0.3, 0.4) is 0 Å². The van der Waals surface area contributed by atoms with E-state index in [9.17, 15) is 14.4 Å². The second kappa shape index (κ2) is 10.1. The maximum atomic E-state index is 13.0. The number of carbonyl (C=O) groups is 2. The summed E-state index contributed by atoms with van der Waals surface area (Å²) < 4.78 is 4.55. The van der Waals surface area contributed by atoms with Gasteiger partial charge >= 0.3 is 6.09 Å². The van der Waals surface area contributed by atoms with E-state index in [1.54, 1.807) is 23.5 Å². The van der Waals surface area contributed by atoms with Gasteiger partial charge in [0.1, 0.15) is 12.4 Å². The fourth-order valence-electron chi connectivity index (χ4n) is 5.17. The van der Waals surface area contributed by atoms with Crippen LogP contribution in [-0.4, -0.2) is 57.0 Å². The number of methoxy groups -OCH3 is 1. The van der Waals surface area contributed by atoms with Crippen LogP contribution in [0, 0.1) is 0 Å². The van der Waals surface area contributed by atoms with E-state index in [0.717, 1.165) is 39.6 Å². The summed E-state index contributed by atoms with van der Waals surface area (Å²) >= 11 is 0. The molecule has 0 bridgehead atoms. The van der Waals surface area contributed by atoms with Crippen LogP contribution < -0.4 is 10.9 Å². The number of H-pyrrole nitrogens is 2. The van der Waals surface area contributed by atoms with Crippen molar-refractivity contribution >= 4 is 33.7 Å². The van der Waals surface area contributed by atoms with Crippen molar-refractivity contribution in [3.63, 3.8) is 0 Å². The van der Waals surface area contributed by atoms with Gasteiger partial charge in [-0.25, -0.2) is 14.8 Å². The molecule has 2 aromatic heterocycles. The Bertz CT molecular complexity index is 1760. The zero-order chi connectivity index (χ0) is 26.9. The number of carbonyl (C=O) groups excluding carboxylic acids is 2. The molecule has 1 aliphatic heterocycles. The van der Waals surface area contributed by atoms with Gasteiger partial charge in [-0.2, -0.15) is 0 Å². The largest absolute Gasteiger partial charge is 0.453 e. The van der Waals surface area contributed by atoms with E-state index < -0.39 is 6.09 Å². The van der Waals surface area contributed by atoms with Crippen LogP contribution in [0.1, 0.15) is 24.7 Å². The lowest BCUT2D eigenvalue weighted by molar-refractivity contribution is -0.131. The lowest BCUT2D eigenvalue weighted by Gasteiger charge is -2.24. The monoisotopic (exact) mass is 522 g/mol. The average molecular weight is 523 g/mol. The number of ether oxygens (including phenoxy) is 1. The number of likely N-dealkylation sites (tertiary alicyclic amines) is 1. The molecule has 3 N–H and O–H groups in total. The maximum Gasteiger partial charge on any atom is 0.407 e. The molecule has 10 heteroatoms. The topological polar surface area (TPSA) is 133 Å². The van der Waals surface area contributed by atoms with Gasteiger partial charge in [0, 0.05) is 12.1 Å². The van der Waals surface area contributed by atoms with Crippen LogP contribution in [0.15, 0.2) is 71.9 Å². The predicted octanol–water partition coefficient (Wildman–Crippen LogP) is 4.15. The molecule has 10 nitrogen and oxygen atoms in total. The van der Waals surface area contributed by atoms with E-state index in [4.69, 9.17) is 4.98 Å². The van der Waals surface area contributed by atoms with Crippen molar-refractivity contribution in [2.75, 3.05) is 20.2 Å². The number of aromatic amines is 2. The molecule has 39 heavy (non-hydrogen) atoms. The Morgan fingerprint density at radius 3 is 2.56 bits per heavy atom. The van der Waals surface area contributed by atoms with Gasteiger partial charge in [0.05, 0.1) is 42.3 Å². The van der Waals surface area contributed by atoms with Crippen molar-refractivity contribution in [3.8, 4) is 22.4 Å². The third kappa shape index (κ3) is 4.72. The first kappa shape index (κ1) is 24.4. The quantitative estimate of drug-likeness (QED) is 0.318. The molecule has 1 atom stereocenters. The molecule has 196 valence electrons. The van der Waals surface area contributed by atoms with E-state index in [-0.39, 0.29) is 24.1 Å². The highest BCUT2D eigenvalue weighted by molar-refractivity contribution is 5.92. The van der Waals surface area contributed by atoms with Crippen molar-refractivity contribution < 1.29 is 14.3 Å². The second-order valence-corrected chi connectivity index (χ2v) is 9.52. The van der Waals surface area contributed by atoms with Crippen LogP contribution in [-0.2, 0) is 9.53 Å². The standard InChI is InChI=1S/C29H26N6O4/c1-39-29(38)31-15-26(36)35-10-2-3-25(35)27-33-23-13-20(8-9-22(23)28(37)34-27)18-4-5-19-12-21(7-6-17(19)11-18)24-14-30-16-32-24/h4-9,11-14,16,25H,2-3,10,15H2,1H3,(H,30,32)(H,31,38)(H,33,34,37). The molecule has 6 rings (SSSR count). The minimum atomic E-state index is -0.671. The molecule has 3 aromatic carbocycles. The van der Waals surface area contributed by atoms with E-state index in [0.29, 0.717) is 29.7 Å².